The van der Waals surface area contributed by atoms with E-state index in [9.17, 15) is 22.4 Å². The number of carbonyl (C=O) groups excluding carboxylic acids is 2. The fourth-order valence-corrected chi connectivity index (χ4v) is 4.96. The Morgan fingerprint density at radius 1 is 1.00 bits per heavy atom. The summed E-state index contributed by atoms with van der Waals surface area (Å²) in [4.78, 5) is 27.4. The van der Waals surface area contributed by atoms with Crippen LogP contribution in [0.3, 0.4) is 0 Å². The monoisotopic (exact) mass is 513 g/mol. The van der Waals surface area contributed by atoms with E-state index < -0.39 is 34.3 Å². The molecule has 0 aliphatic rings. The number of halogens is 1. The van der Waals surface area contributed by atoms with Crippen molar-refractivity contribution < 1.29 is 22.4 Å². The first-order valence-electron chi connectivity index (χ1n) is 11.9. The summed E-state index contributed by atoms with van der Waals surface area (Å²) in [5.41, 5.74) is 0.235. The average molecular weight is 514 g/mol. The van der Waals surface area contributed by atoms with Gasteiger partial charge in [0, 0.05) is 25.7 Å². The number of sulfonamides is 1. The summed E-state index contributed by atoms with van der Waals surface area (Å²) in [5, 5.41) is 4.45. The number of amides is 2. The highest BCUT2D eigenvalue weighted by molar-refractivity contribution is 7.89. The predicted molar refractivity (Wildman–Crippen MR) is 138 cm³/mol. The van der Waals surface area contributed by atoms with E-state index in [1.165, 1.54) is 36.2 Å². The molecule has 36 heavy (non-hydrogen) atoms. The Morgan fingerprint density at radius 3 is 2.36 bits per heavy atom. The van der Waals surface area contributed by atoms with Crippen molar-refractivity contribution in [2.24, 2.45) is 0 Å². The van der Waals surface area contributed by atoms with Crippen molar-refractivity contribution in [2.75, 3.05) is 20.1 Å². The lowest BCUT2D eigenvalue weighted by Gasteiger charge is -2.30. The van der Waals surface area contributed by atoms with Crippen LogP contribution in [0.25, 0.3) is 10.8 Å². The van der Waals surface area contributed by atoms with Gasteiger partial charge in [0.1, 0.15) is 11.9 Å². The van der Waals surface area contributed by atoms with Crippen LogP contribution in [-0.2, 0) is 26.2 Å². The van der Waals surface area contributed by atoms with Gasteiger partial charge in [-0.25, -0.2) is 12.8 Å². The Bertz CT molecular complexity index is 1330. The number of rotatable bonds is 11. The maximum Gasteiger partial charge on any atom is 0.243 e. The van der Waals surface area contributed by atoms with Gasteiger partial charge in [-0.15, -0.1) is 0 Å². The first-order valence-corrected chi connectivity index (χ1v) is 13.3. The summed E-state index contributed by atoms with van der Waals surface area (Å²) in [7, 11) is -2.68. The van der Waals surface area contributed by atoms with E-state index in [0.717, 1.165) is 27.9 Å². The average Bonchev–Trinajstić information content (AvgIpc) is 2.87. The van der Waals surface area contributed by atoms with Crippen molar-refractivity contribution in [1.29, 1.82) is 0 Å². The zero-order valence-corrected chi connectivity index (χ0v) is 21.6. The van der Waals surface area contributed by atoms with E-state index in [2.05, 4.69) is 5.32 Å². The Morgan fingerprint density at radius 2 is 1.67 bits per heavy atom. The molecular weight excluding hydrogens is 481 g/mol. The van der Waals surface area contributed by atoms with Crippen LogP contribution in [0, 0.1) is 5.82 Å². The van der Waals surface area contributed by atoms with Gasteiger partial charge in [0.2, 0.25) is 21.8 Å². The molecular formula is C27H32FN3O4S. The number of hydrogen-bond donors (Lipinski definition) is 1. The minimum Gasteiger partial charge on any atom is -0.354 e. The lowest BCUT2D eigenvalue weighted by Crippen LogP contribution is -2.50. The molecule has 0 saturated heterocycles. The fraction of sp³-hybridized carbons (Fsp3) is 0.333. The quantitative estimate of drug-likeness (QED) is 0.394. The molecule has 7 nitrogen and oxygen atoms in total. The third-order valence-corrected chi connectivity index (χ3v) is 7.88. The highest BCUT2D eigenvalue weighted by Crippen LogP contribution is 2.22. The van der Waals surface area contributed by atoms with Gasteiger partial charge in [0.05, 0.1) is 11.4 Å². The minimum atomic E-state index is -3.99. The van der Waals surface area contributed by atoms with E-state index in [4.69, 9.17) is 0 Å². The van der Waals surface area contributed by atoms with E-state index in [-0.39, 0.29) is 22.9 Å². The summed E-state index contributed by atoms with van der Waals surface area (Å²) in [5.74, 6) is -1.50. The van der Waals surface area contributed by atoms with Crippen LogP contribution in [0.1, 0.15) is 32.3 Å². The molecule has 0 bridgehead atoms. The van der Waals surface area contributed by atoms with E-state index in [0.29, 0.717) is 6.54 Å². The van der Waals surface area contributed by atoms with Crippen molar-refractivity contribution in [2.45, 2.75) is 44.2 Å². The van der Waals surface area contributed by atoms with Crippen molar-refractivity contribution in [1.82, 2.24) is 14.5 Å². The van der Waals surface area contributed by atoms with Gasteiger partial charge in [-0.05, 0) is 42.3 Å². The van der Waals surface area contributed by atoms with Gasteiger partial charge in [-0.1, -0.05) is 61.9 Å². The zero-order valence-electron chi connectivity index (χ0n) is 20.8. The summed E-state index contributed by atoms with van der Waals surface area (Å²) in [6, 6.07) is 17.2. The van der Waals surface area contributed by atoms with Gasteiger partial charge in [0.25, 0.3) is 0 Å². The second-order valence-electron chi connectivity index (χ2n) is 8.70. The molecule has 0 saturated carbocycles. The number of unbranched alkanes of at least 4 members (excludes halogenated alkanes) is 1. The third kappa shape index (κ3) is 6.47. The highest BCUT2D eigenvalue weighted by atomic mass is 32.2. The number of carbonyl (C=O) groups is 2. The van der Waals surface area contributed by atoms with Crippen molar-refractivity contribution >= 4 is 32.6 Å². The van der Waals surface area contributed by atoms with Crippen molar-refractivity contribution in [3.63, 3.8) is 0 Å². The van der Waals surface area contributed by atoms with Gasteiger partial charge in [-0.2, -0.15) is 4.31 Å². The second-order valence-corrected chi connectivity index (χ2v) is 10.7. The smallest absolute Gasteiger partial charge is 0.243 e. The number of likely N-dealkylation sites (N-methyl/N-ethyl adjacent to an activating group) is 1. The van der Waals surface area contributed by atoms with Crippen LogP contribution in [0.5, 0.6) is 0 Å². The molecule has 192 valence electrons. The standard InChI is InChI=1S/C27H32FN3O4S/c1-4-5-16-29-27(33)20(2)31(18-23-12-8-9-13-25(23)28)26(32)19-30(3)36(34,35)24-15-14-21-10-6-7-11-22(21)17-24/h6-15,17,20H,4-5,16,18-19H2,1-3H3,(H,29,33)/t20-/m1/s1. The van der Waals surface area contributed by atoms with E-state index in [1.807, 2.05) is 31.2 Å². The Kier molecular flexibility index (Phi) is 9.17. The molecule has 2 amide bonds. The topological polar surface area (TPSA) is 86.8 Å². The minimum absolute atomic E-state index is 0.0579. The van der Waals surface area contributed by atoms with Gasteiger partial charge in [0.15, 0.2) is 0 Å². The van der Waals surface area contributed by atoms with Crippen molar-refractivity contribution in [3.05, 3.63) is 78.1 Å². The largest absolute Gasteiger partial charge is 0.354 e. The lowest BCUT2D eigenvalue weighted by atomic mass is 10.1. The number of nitrogens with zero attached hydrogens (tertiary/aromatic N) is 2. The molecule has 3 rings (SSSR count). The SMILES string of the molecule is CCCCNC(=O)[C@@H](C)N(Cc1ccccc1F)C(=O)CN(C)S(=O)(=O)c1ccc2ccccc2c1. The highest BCUT2D eigenvalue weighted by Gasteiger charge is 2.30. The summed E-state index contributed by atoms with van der Waals surface area (Å²) < 4.78 is 41.8. The number of fused-ring (bicyclic) bond motifs is 1. The molecule has 0 aromatic heterocycles. The number of nitrogens with one attached hydrogen (secondary N) is 1. The third-order valence-electron chi connectivity index (χ3n) is 6.08. The zero-order chi connectivity index (χ0) is 26.3. The maximum atomic E-state index is 14.4. The number of hydrogen-bond acceptors (Lipinski definition) is 4. The van der Waals surface area contributed by atoms with Crippen LogP contribution in [0.15, 0.2) is 71.6 Å². The number of benzene rings is 3. The molecule has 0 aliphatic carbocycles. The van der Waals surface area contributed by atoms with Crippen LogP contribution < -0.4 is 5.32 Å². The van der Waals surface area contributed by atoms with E-state index in [1.54, 1.807) is 25.1 Å². The normalized spacial score (nSPS) is 12.5. The van der Waals surface area contributed by atoms with Crippen LogP contribution in [0.2, 0.25) is 0 Å². The van der Waals surface area contributed by atoms with Crippen LogP contribution in [0.4, 0.5) is 4.39 Å². The van der Waals surface area contributed by atoms with Crippen molar-refractivity contribution in [3.8, 4) is 0 Å². The molecule has 0 radical (unpaired) electrons. The summed E-state index contributed by atoms with van der Waals surface area (Å²) >= 11 is 0. The van der Waals surface area contributed by atoms with E-state index >= 15 is 0 Å². The Labute approximate surface area is 212 Å². The second kappa shape index (κ2) is 12.1. The molecule has 0 heterocycles. The molecule has 0 fully saturated rings. The summed E-state index contributed by atoms with van der Waals surface area (Å²) in [6.07, 6.45) is 1.68. The van der Waals surface area contributed by atoms with Crippen LogP contribution >= 0.6 is 0 Å². The first kappa shape index (κ1) is 27.3. The Balaban J connectivity index is 1.83. The molecule has 0 aliphatic heterocycles. The lowest BCUT2D eigenvalue weighted by molar-refractivity contribution is -0.140. The van der Waals surface area contributed by atoms with Crippen LogP contribution in [-0.4, -0.2) is 55.6 Å². The molecule has 0 spiro atoms. The van der Waals surface area contributed by atoms with Gasteiger partial charge >= 0.3 is 0 Å². The van der Waals surface area contributed by atoms with Gasteiger partial charge < -0.3 is 10.2 Å². The molecule has 1 atom stereocenters. The molecule has 0 unspecified atom stereocenters. The first-order chi connectivity index (χ1) is 17.1. The fourth-order valence-electron chi connectivity index (χ4n) is 3.80. The Hall–Kier alpha value is -3.30. The molecule has 1 N–H and O–H groups in total. The molecule has 3 aromatic carbocycles. The van der Waals surface area contributed by atoms with Gasteiger partial charge in [-0.3, -0.25) is 9.59 Å². The predicted octanol–water partition coefficient (Wildman–Crippen LogP) is 3.93. The molecule has 3 aromatic rings. The maximum absolute atomic E-state index is 14.4. The molecule has 9 heteroatoms. The summed E-state index contributed by atoms with van der Waals surface area (Å²) in [6.45, 7) is 3.33.